The summed E-state index contributed by atoms with van der Waals surface area (Å²) in [6.07, 6.45) is 3.87. The number of carbonyl (C=O) groups excluding carboxylic acids is 2. The number of nitrogens with zero attached hydrogens (tertiary/aromatic N) is 2. The molecule has 0 fully saturated rings. The minimum atomic E-state index is -0.482. The monoisotopic (exact) mass is 435 g/mol. The zero-order chi connectivity index (χ0) is 19.7. The average molecular weight is 436 g/mol. The van der Waals surface area contributed by atoms with Crippen molar-refractivity contribution in [1.29, 1.82) is 0 Å². The number of halogens is 1. The SMILES string of the molecule is NC(=O)c1ccc(-c2ncc3c(n2)C(=O)C(Br)CC3)c(Cc2ccccc2)c1. The molecule has 1 aromatic heterocycles. The maximum absolute atomic E-state index is 12.5. The number of aryl methyl sites for hydroxylation is 1. The molecule has 0 spiro atoms. The van der Waals surface area contributed by atoms with Crippen LogP contribution in [0.4, 0.5) is 0 Å². The van der Waals surface area contributed by atoms with Crippen LogP contribution in [-0.2, 0) is 12.8 Å². The second-order valence-electron chi connectivity index (χ2n) is 6.84. The number of rotatable bonds is 4. The van der Waals surface area contributed by atoms with Gasteiger partial charge in [0.2, 0.25) is 5.91 Å². The molecule has 2 N–H and O–H groups in total. The molecule has 1 unspecified atom stereocenters. The van der Waals surface area contributed by atoms with Crippen molar-refractivity contribution >= 4 is 27.6 Å². The highest BCUT2D eigenvalue weighted by atomic mass is 79.9. The molecule has 0 radical (unpaired) electrons. The van der Waals surface area contributed by atoms with Crippen LogP contribution in [0.1, 0.15) is 44.0 Å². The minimum Gasteiger partial charge on any atom is -0.366 e. The highest BCUT2D eigenvalue weighted by Gasteiger charge is 2.27. The van der Waals surface area contributed by atoms with E-state index in [4.69, 9.17) is 5.73 Å². The van der Waals surface area contributed by atoms with Gasteiger partial charge >= 0.3 is 0 Å². The van der Waals surface area contributed by atoms with E-state index in [9.17, 15) is 9.59 Å². The van der Waals surface area contributed by atoms with Gasteiger partial charge in [-0.05, 0) is 48.1 Å². The normalized spacial score (nSPS) is 15.9. The fourth-order valence-corrected chi connectivity index (χ4v) is 3.87. The molecule has 0 bridgehead atoms. The van der Waals surface area contributed by atoms with Gasteiger partial charge in [-0.25, -0.2) is 9.97 Å². The summed E-state index contributed by atoms with van der Waals surface area (Å²) in [7, 11) is 0. The van der Waals surface area contributed by atoms with Gasteiger partial charge in [-0.1, -0.05) is 52.3 Å². The number of amides is 1. The highest BCUT2D eigenvalue weighted by Crippen LogP contribution is 2.29. The molecule has 0 saturated carbocycles. The van der Waals surface area contributed by atoms with E-state index in [0.29, 0.717) is 23.5 Å². The fraction of sp³-hybridized carbons (Fsp3) is 0.182. The standard InChI is InChI=1S/C22H18BrN3O2/c23-18-9-7-15-12-25-22(26-19(15)20(18)27)17-8-6-14(21(24)28)11-16(17)10-13-4-2-1-3-5-13/h1-6,8,11-12,18H,7,9-10H2,(H2,24,28). The molecule has 1 heterocycles. The Labute approximate surface area is 171 Å². The molecular weight excluding hydrogens is 418 g/mol. The first-order chi connectivity index (χ1) is 13.5. The largest absolute Gasteiger partial charge is 0.366 e. The van der Waals surface area contributed by atoms with Crippen molar-refractivity contribution in [2.24, 2.45) is 5.73 Å². The van der Waals surface area contributed by atoms with Crippen molar-refractivity contribution in [2.75, 3.05) is 0 Å². The first-order valence-electron chi connectivity index (χ1n) is 9.04. The molecule has 1 aliphatic carbocycles. The Bertz CT molecular complexity index is 1070. The van der Waals surface area contributed by atoms with E-state index >= 15 is 0 Å². The molecule has 1 atom stereocenters. The van der Waals surface area contributed by atoms with Crippen molar-refractivity contribution in [3.8, 4) is 11.4 Å². The number of hydrogen-bond donors (Lipinski definition) is 1. The lowest BCUT2D eigenvalue weighted by Gasteiger charge is -2.19. The molecule has 140 valence electrons. The zero-order valence-electron chi connectivity index (χ0n) is 15.1. The summed E-state index contributed by atoms with van der Waals surface area (Å²) in [5.74, 6) is -0.0107. The van der Waals surface area contributed by atoms with Crippen LogP contribution in [-0.4, -0.2) is 26.5 Å². The maximum Gasteiger partial charge on any atom is 0.248 e. The second kappa shape index (κ2) is 7.64. The number of nitrogens with two attached hydrogens (primary N) is 1. The molecule has 2 aromatic carbocycles. The first-order valence-corrected chi connectivity index (χ1v) is 9.95. The summed E-state index contributed by atoms with van der Waals surface area (Å²) in [4.78, 5) is 33.1. The summed E-state index contributed by atoms with van der Waals surface area (Å²) in [6, 6.07) is 15.2. The number of hydrogen-bond acceptors (Lipinski definition) is 4. The smallest absolute Gasteiger partial charge is 0.248 e. The first kappa shape index (κ1) is 18.5. The third kappa shape index (κ3) is 3.60. The lowest BCUT2D eigenvalue weighted by molar-refractivity contribution is 0.0974. The fourth-order valence-electron chi connectivity index (χ4n) is 3.42. The van der Waals surface area contributed by atoms with E-state index in [1.807, 2.05) is 30.3 Å². The van der Waals surface area contributed by atoms with Crippen LogP contribution in [0.25, 0.3) is 11.4 Å². The van der Waals surface area contributed by atoms with Crippen molar-refractivity contribution in [3.05, 3.63) is 82.7 Å². The van der Waals surface area contributed by atoms with Gasteiger partial charge in [-0.3, -0.25) is 9.59 Å². The van der Waals surface area contributed by atoms with Crippen LogP contribution in [0.3, 0.4) is 0 Å². The third-order valence-electron chi connectivity index (χ3n) is 4.92. The van der Waals surface area contributed by atoms with Gasteiger partial charge in [-0.15, -0.1) is 0 Å². The lowest BCUT2D eigenvalue weighted by Crippen LogP contribution is -2.24. The van der Waals surface area contributed by atoms with Crippen LogP contribution >= 0.6 is 15.9 Å². The summed E-state index contributed by atoms with van der Waals surface area (Å²) in [5.41, 5.74) is 10.0. The summed E-state index contributed by atoms with van der Waals surface area (Å²) in [6.45, 7) is 0. The van der Waals surface area contributed by atoms with Crippen LogP contribution in [0.5, 0.6) is 0 Å². The Kier molecular flexibility index (Phi) is 5.05. The van der Waals surface area contributed by atoms with Crippen molar-refractivity contribution in [1.82, 2.24) is 9.97 Å². The molecule has 0 saturated heterocycles. The Hall–Kier alpha value is -2.86. The van der Waals surface area contributed by atoms with Crippen molar-refractivity contribution < 1.29 is 9.59 Å². The quantitative estimate of drug-likeness (QED) is 0.632. The molecule has 6 heteroatoms. The van der Waals surface area contributed by atoms with Crippen LogP contribution in [0, 0.1) is 0 Å². The number of carbonyl (C=O) groups is 2. The summed E-state index contributed by atoms with van der Waals surface area (Å²) < 4.78 is 0. The molecule has 1 amide bonds. The molecular formula is C22H18BrN3O2. The van der Waals surface area contributed by atoms with E-state index in [0.717, 1.165) is 35.1 Å². The van der Waals surface area contributed by atoms with E-state index in [1.54, 1.807) is 24.4 Å². The van der Waals surface area contributed by atoms with E-state index in [1.165, 1.54) is 0 Å². The number of Topliss-reactive ketones (excluding diaryl/α,β-unsaturated/α-hetero) is 1. The number of benzene rings is 2. The topological polar surface area (TPSA) is 85.9 Å². The maximum atomic E-state index is 12.5. The number of alkyl halides is 1. The van der Waals surface area contributed by atoms with Crippen LogP contribution in [0.2, 0.25) is 0 Å². The molecule has 1 aliphatic rings. The van der Waals surface area contributed by atoms with Gasteiger partial charge < -0.3 is 5.73 Å². The zero-order valence-corrected chi connectivity index (χ0v) is 16.6. The number of fused-ring (bicyclic) bond motifs is 1. The van der Waals surface area contributed by atoms with E-state index < -0.39 is 5.91 Å². The number of ketones is 1. The van der Waals surface area contributed by atoms with Gasteiger partial charge in [0.25, 0.3) is 0 Å². The van der Waals surface area contributed by atoms with E-state index in [2.05, 4.69) is 25.9 Å². The molecule has 28 heavy (non-hydrogen) atoms. The average Bonchev–Trinajstić information content (AvgIpc) is 2.71. The molecule has 3 aromatic rings. The third-order valence-corrected chi connectivity index (χ3v) is 5.79. The van der Waals surface area contributed by atoms with Gasteiger partial charge in [0, 0.05) is 17.3 Å². The predicted molar refractivity (Wildman–Crippen MR) is 111 cm³/mol. The molecule has 0 aliphatic heterocycles. The van der Waals surface area contributed by atoms with Crippen LogP contribution < -0.4 is 5.73 Å². The Morgan fingerprint density at radius 3 is 2.71 bits per heavy atom. The number of aromatic nitrogens is 2. The lowest BCUT2D eigenvalue weighted by atomic mass is 9.94. The van der Waals surface area contributed by atoms with Crippen molar-refractivity contribution in [2.45, 2.75) is 24.1 Å². The summed E-state index contributed by atoms with van der Waals surface area (Å²) in [5, 5.41) is 0. The molecule has 5 nitrogen and oxygen atoms in total. The van der Waals surface area contributed by atoms with Gasteiger partial charge in [0.05, 0.1) is 4.83 Å². The van der Waals surface area contributed by atoms with Crippen molar-refractivity contribution in [3.63, 3.8) is 0 Å². The Balaban J connectivity index is 1.81. The Morgan fingerprint density at radius 2 is 1.96 bits per heavy atom. The van der Waals surface area contributed by atoms with Crippen LogP contribution in [0.15, 0.2) is 54.7 Å². The van der Waals surface area contributed by atoms with E-state index in [-0.39, 0.29) is 10.6 Å². The number of primary amides is 1. The second-order valence-corrected chi connectivity index (χ2v) is 7.94. The highest BCUT2D eigenvalue weighted by molar-refractivity contribution is 9.10. The van der Waals surface area contributed by atoms with Gasteiger partial charge in [-0.2, -0.15) is 0 Å². The predicted octanol–water partition coefficient (Wildman–Crippen LogP) is 3.73. The Morgan fingerprint density at radius 1 is 1.18 bits per heavy atom. The van der Waals surface area contributed by atoms with Gasteiger partial charge in [0.15, 0.2) is 11.6 Å². The summed E-state index contributed by atoms with van der Waals surface area (Å²) >= 11 is 3.43. The molecule has 4 rings (SSSR count). The van der Waals surface area contributed by atoms with Gasteiger partial charge in [0.1, 0.15) is 5.69 Å². The minimum absolute atomic E-state index is 0.0109.